The molecule has 2 saturated heterocycles. The predicted octanol–water partition coefficient (Wildman–Crippen LogP) is 2.29. The summed E-state index contributed by atoms with van der Waals surface area (Å²) in [5, 5.41) is 2.35. The molecule has 2 atom stereocenters. The largest absolute Gasteiger partial charge is 0.390 e. The first kappa shape index (κ1) is 14.4. The number of urea groups is 1. The third-order valence-corrected chi connectivity index (χ3v) is 3.64. The van der Waals surface area contributed by atoms with Crippen molar-refractivity contribution in [1.29, 1.82) is 0 Å². The van der Waals surface area contributed by atoms with E-state index < -0.39 is 18.6 Å². The number of nitrogens with zero attached hydrogens (tertiary/aromatic N) is 1. The van der Waals surface area contributed by atoms with Crippen molar-refractivity contribution in [2.75, 3.05) is 19.7 Å². The first-order valence-corrected chi connectivity index (χ1v) is 6.70. The SMILES string of the molecule is O=C(NCCC(F)(F)F)N1CCCC1C1CCCO1. The standard InChI is InChI=1S/C12H19F3N2O2/c13-12(14,15)5-6-16-11(18)17-7-1-3-9(17)10-4-2-8-19-10/h9-10H,1-8H2,(H,16,18). The second kappa shape index (κ2) is 5.98. The molecular weight excluding hydrogens is 261 g/mol. The molecule has 0 aromatic heterocycles. The summed E-state index contributed by atoms with van der Waals surface area (Å²) in [6.07, 6.45) is -1.49. The molecule has 0 aromatic rings. The van der Waals surface area contributed by atoms with Gasteiger partial charge in [-0.3, -0.25) is 0 Å². The molecule has 0 radical (unpaired) electrons. The number of rotatable bonds is 3. The van der Waals surface area contributed by atoms with Gasteiger partial charge in [-0.15, -0.1) is 0 Å². The second-order valence-electron chi connectivity index (χ2n) is 5.05. The molecule has 2 amide bonds. The van der Waals surface area contributed by atoms with Gasteiger partial charge < -0.3 is 15.0 Å². The van der Waals surface area contributed by atoms with Gasteiger partial charge in [0.05, 0.1) is 18.6 Å². The highest BCUT2D eigenvalue weighted by atomic mass is 19.4. The van der Waals surface area contributed by atoms with Gasteiger partial charge in [-0.05, 0) is 25.7 Å². The fourth-order valence-electron chi connectivity index (χ4n) is 2.75. The lowest BCUT2D eigenvalue weighted by Gasteiger charge is -2.29. The van der Waals surface area contributed by atoms with Crippen LogP contribution in [-0.2, 0) is 4.74 Å². The third-order valence-electron chi connectivity index (χ3n) is 3.64. The Hall–Kier alpha value is -0.980. The molecule has 1 N–H and O–H groups in total. The number of likely N-dealkylation sites (tertiary alicyclic amines) is 1. The van der Waals surface area contributed by atoms with Crippen LogP contribution in [0.4, 0.5) is 18.0 Å². The van der Waals surface area contributed by atoms with Gasteiger partial charge in [0.2, 0.25) is 0 Å². The van der Waals surface area contributed by atoms with Gasteiger partial charge in [0, 0.05) is 19.7 Å². The van der Waals surface area contributed by atoms with Gasteiger partial charge >= 0.3 is 12.2 Å². The number of hydrogen-bond acceptors (Lipinski definition) is 2. The summed E-state index contributed by atoms with van der Waals surface area (Å²) >= 11 is 0. The van der Waals surface area contributed by atoms with Gasteiger partial charge in [0.25, 0.3) is 0 Å². The van der Waals surface area contributed by atoms with E-state index in [-0.39, 0.29) is 18.7 Å². The monoisotopic (exact) mass is 280 g/mol. The van der Waals surface area contributed by atoms with Gasteiger partial charge in [-0.2, -0.15) is 13.2 Å². The quantitative estimate of drug-likeness (QED) is 0.862. The molecule has 0 spiro atoms. The summed E-state index contributed by atoms with van der Waals surface area (Å²) in [6, 6.07) is -0.379. The minimum atomic E-state index is -4.23. The van der Waals surface area contributed by atoms with E-state index in [4.69, 9.17) is 4.74 Å². The summed E-state index contributed by atoms with van der Waals surface area (Å²) < 4.78 is 41.6. The number of alkyl halides is 3. The molecule has 2 aliphatic heterocycles. The van der Waals surface area contributed by atoms with Crippen LogP contribution in [0.5, 0.6) is 0 Å². The molecule has 0 aliphatic carbocycles. The molecule has 0 saturated carbocycles. The average molecular weight is 280 g/mol. The first-order chi connectivity index (χ1) is 8.97. The maximum atomic E-state index is 12.0. The van der Waals surface area contributed by atoms with E-state index in [9.17, 15) is 18.0 Å². The number of nitrogens with one attached hydrogen (secondary N) is 1. The number of carbonyl (C=O) groups is 1. The van der Waals surface area contributed by atoms with Gasteiger partial charge in [-0.25, -0.2) is 4.79 Å². The molecule has 2 fully saturated rings. The molecule has 0 aromatic carbocycles. The smallest absolute Gasteiger partial charge is 0.376 e. The number of halogens is 3. The van der Waals surface area contributed by atoms with Crippen molar-refractivity contribution in [3.05, 3.63) is 0 Å². The first-order valence-electron chi connectivity index (χ1n) is 6.70. The number of ether oxygens (including phenoxy) is 1. The van der Waals surface area contributed by atoms with E-state index >= 15 is 0 Å². The van der Waals surface area contributed by atoms with Crippen LogP contribution < -0.4 is 5.32 Å². The Bertz CT molecular complexity index is 317. The molecule has 4 nitrogen and oxygen atoms in total. The zero-order valence-electron chi connectivity index (χ0n) is 10.7. The fourth-order valence-corrected chi connectivity index (χ4v) is 2.75. The van der Waals surface area contributed by atoms with Crippen molar-refractivity contribution in [2.45, 2.75) is 50.4 Å². The minimum absolute atomic E-state index is 0.0217. The van der Waals surface area contributed by atoms with Crippen molar-refractivity contribution in [1.82, 2.24) is 10.2 Å². The minimum Gasteiger partial charge on any atom is -0.376 e. The Morgan fingerprint density at radius 1 is 1.32 bits per heavy atom. The molecule has 19 heavy (non-hydrogen) atoms. The number of amides is 2. The van der Waals surface area contributed by atoms with E-state index in [1.165, 1.54) is 0 Å². The molecule has 2 rings (SSSR count). The van der Waals surface area contributed by atoms with E-state index in [1.807, 2.05) is 0 Å². The molecule has 2 heterocycles. The highest BCUT2D eigenvalue weighted by molar-refractivity contribution is 5.74. The van der Waals surface area contributed by atoms with Crippen LogP contribution in [0.3, 0.4) is 0 Å². The van der Waals surface area contributed by atoms with Crippen molar-refractivity contribution in [2.24, 2.45) is 0 Å². The van der Waals surface area contributed by atoms with Crippen LogP contribution in [0.15, 0.2) is 0 Å². The Morgan fingerprint density at radius 3 is 2.74 bits per heavy atom. The molecular formula is C12H19F3N2O2. The van der Waals surface area contributed by atoms with Gasteiger partial charge in [0.15, 0.2) is 0 Å². The van der Waals surface area contributed by atoms with E-state index in [1.54, 1.807) is 4.90 Å². The van der Waals surface area contributed by atoms with Gasteiger partial charge in [-0.1, -0.05) is 0 Å². The third kappa shape index (κ3) is 3.99. The predicted molar refractivity (Wildman–Crippen MR) is 62.8 cm³/mol. The molecule has 2 aliphatic rings. The lowest BCUT2D eigenvalue weighted by molar-refractivity contribution is -0.133. The van der Waals surface area contributed by atoms with Crippen molar-refractivity contribution < 1.29 is 22.7 Å². The van der Waals surface area contributed by atoms with E-state index in [0.717, 1.165) is 25.7 Å². The van der Waals surface area contributed by atoms with Crippen molar-refractivity contribution in [3.8, 4) is 0 Å². The van der Waals surface area contributed by atoms with Gasteiger partial charge in [0.1, 0.15) is 0 Å². The van der Waals surface area contributed by atoms with Crippen LogP contribution >= 0.6 is 0 Å². The highest BCUT2D eigenvalue weighted by Gasteiger charge is 2.37. The van der Waals surface area contributed by atoms with Crippen LogP contribution in [0, 0.1) is 0 Å². The summed E-state index contributed by atoms with van der Waals surface area (Å²) in [4.78, 5) is 13.5. The summed E-state index contributed by atoms with van der Waals surface area (Å²) in [6.45, 7) is 0.949. The lowest BCUT2D eigenvalue weighted by atomic mass is 10.1. The zero-order chi connectivity index (χ0) is 13.9. The van der Waals surface area contributed by atoms with Crippen LogP contribution in [-0.4, -0.2) is 48.9 Å². The average Bonchev–Trinajstić information content (AvgIpc) is 2.97. The summed E-state index contributed by atoms with van der Waals surface area (Å²) in [7, 11) is 0. The van der Waals surface area contributed by atoms with Crippen molar-refractivity contribution >= 4 is 6.03 Å². The molecule has 2 unspecified atom stereocenters. The molecule has 7 heteroatoms. The Kier molecular flexibility index (Phi) is 4.54. The number of carbonyl (C=O) groups excluding carboxylic acids is 1. The lowest BCUT2D eigenvalue weighted by Crippen LogP contribution is -2.47. The fraction of sp³-hybridized carbons (Fsp3) is 0.917. The molecule has 0 bridgehead atoms. The van der Waals surface area contributed by atoms with Crippen LogP contribution in [0.2, 0.25) is 0 Å². The Morgan fingerprint density at radius 2 is 2.11 bits per heavy atom. The maximum Gasteiger partial charge on any atom is 0.390 e. The zero-order valence-corrected chi connectivity index (χ0v) is 10.7. The Balaban J connectivity index is 1.80. The second-order valence-corrected chi connectivity index (χ2v) is 5.05. The normalized spacial score (nSPS) is 27.8. The summed E-state index contributed by atoms with van der Waals surface area (Å²) in [5.41, 5.74) is 0. The van der Waals surface area contributed by atoms with Crippen LogP contribution in [0.25, 0.3) is 0 Å². The van der Waals surface area contributed by atoms with Crippen LogP contribution in [0.1, 0.15) is 32.1 Å². The highest BCUT2D eigenvalue weighted by Crippen LogP contribution is 2.27. The van der Waals surface area contributed by atoms with Crippen molar-refractivity contribution in [3.63, 3.8) is 0 Å². The summed E-state index contributed by atoms with van der Waals surface area (Å²) in [5.74, 6) is 0. The maximum absolute atomic E-state index is 12.0. The molecule has 110 valence electrons. The Labute approximate surface area is 110 Å². The topological polar surface area (TPSA) is 41.6 Å². The van der Waals surface area contributed by atoms with E-state index in [0.29, 0.717) is 13.2 Å². The number of hydrogen-bond donors (Lipinski definition) is 1. The van der Waals surface area contributed by atoms with E-state index in [2.05, 4.69) is 5.32 Å².